The fourth-order valence-electron chi connectivity index (χ4n) is 3.16. The number of ether oxygens (including phenoxy) is 2. The molecule has 0 unspecified atom stereocenters. The molecule has 29 heavy (non-hydrogen) atoms. The Morgan fingerprint density at radius 3 is 2.52 bits per heavy atom. The van der Waals surface area contributed by atoms with Crippen molar-refractivity contribution in [3.8, 4) is 11.5 Å². The first kappa shape index (κ1) is 21.3. The topological polar surface area (TPSA) is 38.8 Å². The number of halogens is 4. The first-order valence-corrected chi connectivity index (χ1v) is 9.60. The summed E-state index contributed by atoms with van der Waals surface area (Å²) in [5.74, 6) is 0.232. The average Bonchev–Trinajstić information content (AvgIpc) is 3.51. The van der Waals surface area contributed by atoms with Gasteiger partial charge >= 0.3 is 6.18 Å². The summed E-state index contributed by atoms with van der Waals surface area (Å²) >= 11 is 6.26. The van der Waals surface area contributed by atoms with Crippen LogP contribution in [0.4, 0.5) is 13.2 Å². The Labute approximate surface area is 172 Å². The number of methoxy groups -OCH3 is 1. The molecule has 0 radical (unpaired) electrons. The summed E-state index contributed by atoms with van der Waals surface area (Å²) in [6, 6.07) is 8.18. The van der Waals surface area contributed by atoms with Gasteiger partial charge in [0.25, 0.3) is 5.91 Å². The highest BCUT2D eigenvalue weighted by Crippen LogP contribution is 2.39. The Hall–Kier alpha value is -2.41. The zero-order valence-corrected chi connectivity index (χ0v) is 16.8. The first-order chi connectivity index (χ1) is 13.8. The molecule has 0 saturated heterocycles. The molecule has 0 N–H and O–H groups in total. The smallest absolute Gasteiger partial charge is 0.416 e. The van der Waals surface area contributed by atoms with Crippen molar-refractivity contribution < 1.29 is 27.4 Å². The lowest BCUT2D eigenvalue weighted by Crippen LogP contribution is -2.33. The minimum absolute atomic E-state index is 0.0595. The zero-order chi connectivity index (χ0) is 21.2. The van der Waals surface area contributed by atoms with Crippen molar-refractivity contribution in [1.29, 1.82) is 0 Å². The van der Waals surface area contributed by atoms with Gasteiger partial charge < -0.3 is 14.4 Å². The first-order valence-electron chi connectivity index (χ1n) is 9.22. The van der Waals surface area contributed by atoms with Gasteiger partial charge in [-0.2, -0.15) is 13.2 Å². The van der Waals surface area contributed by atoms with Crippen LogP contribution in [-0.2, 0) is 12.7 Å². The minimum atomic E-state index is -4.49. The molecule has 1 amide bonds. The maximum atomic E-state index is 13.4. The number of benzene rings is 2. The molecule has 0 bridgehead atoms. The molecule has 0 spiro atoms. The molecule has 4 nitrogen and oxygen atoms in total. The van der Waals surface area contributed by atoms with E-state index >= 15 is 0 Å². The van der Waals surface area contributed by atoms with Gasteiger partial charge in [0.05, 0.1) is 24.3 Å². The Bertz CT molecular complexity index is 897. The fraction of sp³-hybridized carbons (Fsp3) is 0.381. The van der Waals surface area contributed by atoms with Gasteiger partial charge in [-0.3, -0.25) is 4.79 Å². The van der Waals surface area contributed by atoms with Gasteiger partial charge in [0.15, 0.2) is 11.5 Å². The number of nitrogens with zero attached hydrogens (tertiary/aromatic N) is 1. The van der Waals surface area contributed by atoms with Gasteiger partial charge in [0, 0.05) is 18.2 Å². The SMILES string of the molecule is CCOc1c(Cl)cc(C(=O)N(Cc2ccccc2C(F)(F)F)C2CC2)cc1OC. The standard InChI is InChI=1S/C21H21ClF3NO3/c1-3-29-19-17(22)10-14(11-18(19)28-2)20(27)26(15-8-9-15)12-13-6-4-5-7-16(13)21(23,24)25/h4-7,10-11,15H,3,8-9,12H2,1-2H3. The van der Waals surface area contributed by atoms with Crippen molar-refractivity contribution in [3.05, 3.63) is 58.1 Å². The van der Waals surface area contributed by atoms with E-state index < -0.39 is 17.6 Å². The normalized spacial score (nSPS) is 13.9. The van der Waals surface area contributed by atoms with Gasteiger partial charge in [0.1, 0.15) is 0 Å². The third-order valence-electron chi connectivity index (χ3n) is 4.68. The van der Waals surface area contributed by atoms with Gasteiger partial charge in [-0.15, -0.1) is 0 Å². The van der Waals surface area contributed by atoms with Crippen LogP contribution in [0.5, 0.6) is 11.5 Å². The Balaban J connectivity index is 1.94. The Morgan fingerprint density at radius 2 is 1.93 bits per heavy atom. The largest absolute Gasteiger partial charge is 0.493 e. The molecule has 0 aromatic heterocycles. The maximum Gasteiger partial charge on any atom is 0.416 e. The highest BCUT2D eigenvalue weighted by Gasteiger charge is 2.37. The fourth-order valence-corrected chi connectivity index (χ4v) is 3.43. The van der Waals surface area contributed by atoms with E-state index in [2.05, 4.69) is 0 Å². The molecule has 1 fully saturated rings. The van der Waals surface area contributed by atoms with Crippen LogP contribution < -0.4 is 9.47 Å². The molecule has 1 saturated carbocycles. The second-order valence-electron chi connectivity index (χ2n) is 6.74. The lowest BCUT2D eigenvalue weighted by molar-refractivity contribution is -0.138. The number of amides is 1. The third-order valence-corrected chi connectivity index (χ3v) is 4.96. The summed E-state index contributed by atoms with van der Waals surface area (Å²) in [6.45, 7) is 2.03. The van der Waals surface area contributed by atoms with Crippen LogP contribution in [0.1, 0.15) is 41.3 Å². The molecule has 1 aliphatic rings. The Morgan fingerprint density at radius 1 is 1.24 bits per heavy atom. The molecular weight excluding hydrogens is 407 g/mol. The summed E-state index contributed by atoms with van der Waals surface area (Å²) in [7, 11) is 1.43. The van der Waals surface area contributed by atoms with Crippen LogP contribution in [0.15, 0.2) is 36.4 Å². The van der Waals surface area contributed by atoms with Crippen molar-refractivity contribution in [3.63, 3.8) is 0 Å². The predicted molar refractivity (Wildman–Crippen MR) is 104 cm³/mol. The number of hydrogen-bond acceptors (Lipinski definition) is 3. The minimum Gasteiger partial charge on any atom is -0.493 e. The van der Waals surface area contributed by atoms with E-state index in [9.17, 15) is 18.0 Å². The highest BCUT2D eigenvalue weighted by atomic mass is 35.5. The number of rotatable bonds is 7. The number of hydrogen-bond donors (Lipinski definition) is 0. The van der Waals surface area contributed by atoms with E-state index in [0.717, 1.165) is 18.9 Å². The van der Waals surface area contributed by atoms with Crippen LogP contribution >= 0.6 is 11.6 Å². The van der Waals surface area contributed by atoms with Gasteiger partial charge in [-0.25, -0.2) is 0 Å². The summed E-state index contributed by atoms with van der Waals surface area (Å²) in [4.78, 5) is 14.6. The van der Waals surface area contributed by atoms with Crippen molar-refractivity contribution in [2.24, 2.45) is 0 Å². The summed E-state index contributed by atoms with van der Waals surface area (Å²) in [6.07, 6.45) is -2.98. The van der Waals surface area contributed by atoms with E-state index in [0.29, 0.717) is 18.1 Å². The summed E-state index contributed by atoms with van der Waals surface area (Å²) in [5, 5.41) is 0.209. The van der Waals surface area contributed by atoms with Gasteiger partial charge in [-0.05, 0) is 43.5 Å². The summed E-state index contributed by atoms with van der Waals surface area (Å²) in [5.41, 5.74) is -0.434. The Kier molecular flexibility index (Phi) is 6.27. The lowest BCUT2D eigenvalue weighted by atomic mass is 10.1. The van der Waals surface area contributed by atoms with E-state index in [1.807, 2.05) is 0 Å². The molecule has 0 atom stereocenters. The molecule has 3 rings (SSSR count). The van der Waals surface area contributed by atoms with E-state index in [1.165, 1.54) is 42.3 Å². The van der Waals surface area contributed by atoms with E-state index in [4.69, 9.17) is 21.1 Å². The predicted octanol–water partition coefficient (Wildman–Crippen LogP) is 5.57. The van der Waals surface area contributed by atoms with Crippen LogP contribution in [0.2, 0.25) is 5.02 Å². The monoisotopic (exact) mass is 427 g/mol. The van der Waals surface area contributed by atoms with E-state index in [-0.39, 0.29) is 28.7 Å². The molecule has 2 aromatic rings. The summed E-state index contributed by atoms with van der Waals surface area (Å²) < 4.78 is 50.8. The van der Waals surface area contributed by atoms with Crippen LogP contribution in [0, 0.1) is 0 Å². The van der Waals surface area contributed by atoms with Crippen LogP contribution in [0.3, 0.4) is 0 Å². The van der Waals surface area contributed by atoms with Crippen molar-refractivity contribution in [2.45, 2.75) is 38.5 Å². The van der Waals surface area contributed by atoms with Crippen molar-refractivity contribution in [1.82, 2.24) is 4.90 Å². The van der Waals surface area contributed by atoms with E-state index in [1.54, 1.807) is 6.92 Å². The van der Waals surface area contributed by atoms with Gasteiger partial charge in [-0.1, -0.05) is 29.8 Å². The van der Waals surface area contributed by atoms with Gasteiger partial charge in [0.2, 0.25) is 0 Å². The molecular formula is C21H21ClF3NO3. The van der Waals surface area contributed by atoms with Crippen molar-refractivity contribution >= 4 is 17.5 Å². The highest BCUT2D eigenvalue weighted by molar-refractivity contribution is 6.32. The number of alkyl halides is 3. The molecule has 1 aliphatic carbocycles. The third kappa shape index (κ3) is 4.78. The number of carbonyl (C=O) groups excluding carboxylic acids is 1. The molecule has 0 aliphatic heterocycles. The zero-order valence-electron chi connectivity index (χ0n) is 16.1. The lowest BCUT2D eigenvalue weighted by Gasteiger charge is -2.25. The molecule has 8 heteroatoms. The molecule has 0 heterocycles. The quantitative estimate of drug-likeness (QED) is 0.579. The maximum absolute atomic E-state index is 13.4. The number of carbonyl (C=O) groups is 1. The second kappa shape index (κ2) is 8.53. The van der Waals surface area contributed by atoms with Crippen LogP contribution in [-0.4, -0.2) is 30.6 Å². The van der Waals surface area contributed by atoms with Crippen LogP contribution in [0.25, 0.3) is 0 Å². The molecule has 2 aromatic carbocycles. The van der Waals surface area contributed by atoms with Crippen molar-refractivity contribution in [2.75, 3.05) is 13.7 Å². The average molecular weight is 428 g/mol. The second-order valence-corrected chi connectivity index (χ2v) is 7.15. The molecule has 156 valence electrons.